The minimum absolute atomic E-state index is 0.0606. The third-order valence-electron chi connectivity index (χ3n) is 8.61. The molecule has 1 saturated carbocycles. The molecule has 1 aromatic carbocycles. The normalized spacial score (nSPS) is 21.0. The van der Waals surface area contributed by atoms with E-state index in [1.54, 1.807) is 22.1 Å². The molecule has 2 N–H and O–H groups in total. The van der Waals surface area contributed by atoms with Gasteiger partial charge in [0.05, 0.1) is 41.7 Å². The smallest absolute Gasteiger partial charge is 0.394 e. The van der Waals surface area contributed by atoms with Gasteiger partial charge in [0, 0.05) is 38.0 Å². The molecule has 1 aliphatic carbocycles. The quantitative estimate of drug-likeness (QED) is 0.455. The van der Waals surface area contributed by atoms with Crippen LogP contribution in [0, 0.1) is 5.92 Å². The molecule has 1 aromatic heterocycles. The summed E-state index contributed by atoms with van der Waals surface area (Å²) in [6.45, 7) is 5.77. The van der Waals surface area contributed by atoms with Gasteiger partial charge >= 0.3 is 12.2 Å². The number of hydrogen-bond donors (Lipinski definition) is 2. The van der Waals surface area contributed by atoms with Gasteiger partial charge in [0.25, 0.3) is 5.91 Å². The molecule has 3 heterocycles. The van der Waals surface area contributed by atoms with Crippen molar-refractivity contribution in [1.82, 2.24) is 24.9 Å². The van der Waals surface area contributed by atoms with Crippen LogP contribution in [0.4, 0.5) is 18.0 Å². The van der Waals surface area contributed by atoms with Crippen LogP contribution >= 0.6 is 0 Å². The second-order valence-corrected chi connectivity index (χ2v) is 12.2. The lowest BCUT2D eigenvalue weighted by atomic mass is 9.93. The van der Waals surface area contributed by atoms with E-state index >= 15 is 0 Å². The van der Waals surface area contributed by atoms with Crippen LogP contribution in [-0.4, -0.2) is 75.5 Å². The summed E-state index contributed by atoms with van der Waals surface area (Å²) in [4.78, 5) is 29.9. The Bertz CT molecular complexity index is 1230. The average Bonchev–Trinajstić information content (AvgIpc) is 3.49. The highest BCUT2D eigenvalue weighted by Gasteiger charge is 2.40. The summed E-state index contributed by atoms with van der Waals surface area (Å²) >= 11 is 0. The first-order valence-electron chi connectivity index (χ1n) is 14.8. The number of carbonyl (C=O) groups is 2. The Morgan fingerprint density at radius 2 is 1.71 bits per heavy atom. The number of nitrogens with zero attached hydrogens (tertiary/aromatic N) is 4. The number of aliphatic hydroxyl groups is 1. The van der Waals surface area contributed by atoms with Crippen molar-refractivity contribution in [3.63, 3.8) is 0 Å². The molecule has 3 amide bonds. The lowest BCUT2D eigenvalue weighted by molar-refractivity contribution is -0.138. The van der Waals surface area contributed by atoms with Crippen molar-refractivity contribution in [3.8, 4) is 0 Å². The van der Waals surface area contributed by atoms with Gasteiger partial charge in [0.2, 0.25) is 0 Å². The number of alkyl halides is 3. The van der Waals surface area contributed by atoms with Crippen molar-refractivity contribution < 1.29 is 27.9 Å². The molecule has 2 aliphatic heterocycles. The molecule has 0 bridgehead atoms. The van der Waals surface area contributed by atoms with Gasteiger partial charge in [-0.1, -0.05) is 32.0 Å². The van der Waals surface area contributed by atoms with Crippen molar-refractivity contribution in [2.45, 2.75) is 82.5 Å². The Hall–Kier alpha value is -3.08. The predicted octanol–water partition coefficient (Wildman–Crippen LogP) is 5.16. The summed E-state index contributed by atoms with van der Waals surface area (Å²) in [5.41, 5.74) is 1.10. The van der Waals surface area contributed by atoms with Gasteiger partial charge in [-0.25, -0.2) is 4.79 Å². The van der Waals surface area contributed by atoms with E-state index in [0.717, 1.165) is 24.6 Å². The Labute approximate surface area is 238 Å². The Morgan fingerprint density at radius 3 is 2.34 bits per heavy atom. The highest BCUT2D eigenvalue weighted by atomic mass is 19.4. The first kappa shape index (κ1) is 29.4. The van der Waals surface area contributed by atoms with Crippen molar-refractivity contribution in [3.05, 3.63) is 52.8 Å². The van der Waals surface area contributed by atoms with Gasteiger partial charge in [-0.2, -0.15) is 18.3 Å². The van der Waals surface area contributed by atoms with Crippen molar-refractivity contribution in [1.29, 1.82) is 0 Å². The molecule has 0 unspecified atom stereocenters. The van der Waals surface area contributed by atoms with E-state index < -0.39 is 11.7 Å². The maximum atomic E-state index is 13.7. The molecule has 0 spiro atoms. The van der Waals surface area contributed by atoms with E-state index in [-0.39, 0.29) is 54.6 Å². The lowest BCUT2D eigenvalue weighted by Gasteiger charge is -2.34. The van der Waals surface area contributed by atoms with E-state index in [9.17, 15) is 27.9 Å². The Balaban J connectivity index is 1.24. The first-order chi connectivity index (χ1) is 19.6. The standard InChI is InChI=1S/C30H40F3N5O3/c1-19(2)15-22(18-39)35-29(41)36-13-10-23(11-14-36)38-27(20-7-8-20)25(16-34-38)28(40)37-12-9-21(17-37)24-5-3-4-6-26(24)30(31,32)33/h3-6,16,19-23,39H,7-15,17-18H2,1-2H3,(H,35,41)/t21-,22+/m1/s1. The number of nitrogens with one attached hydrogen (secondary N) is 1. The SMILES string of the molecule is CC(C)C[C@@H](CO)NC(=O)N1CCC(n2ncc(C(=O)N3CC[C@@H](c4ccccc4C(F)(F)F)C3)c2C2CC2)CC1. The number of urea groups is 1. The molecular formula is C30H40F3N5O3. The minimum Gasteiger partial charge on any atom is -0.394 e. The van der Waals surface area contributed by atoms with Crippen LogP contribution in [0.1, 0.15) is 97.4 Å². The highest BCUT2D eigenvalue weighted by molar-refractivity contribution is 5.95. The third kappa shape index (κ3) is 6.55. The van der Waals surface area contributed by atoms with Crippen LogP contribution in [0.3, 0.4) is 0 Å². The van der Waals surface area contributed by atoms with E-state index in [0.29, 0.717) is 56.8 Å². The molecule has 8 nitrogen and oxygen atoms in total. The first-order valence-corrected chi connectivity index (χ1v) is 14.8. The Morgan fingerprint density at radius 1 is 1.02 bits per heavy atom. The molecule has 11 heteroatoms. The predicted molar refractivity (Wildman–Crippen MR) is 148 cm³/mol. The zero-order valence-electron chi connectivity index (χ0n) is 23.7. The second-order valence-electron chi connectivity index (χ2n) is 12.2. The number of hydrogen-bond acceptors (Lipinski definition) is 4. The molecule has 3 fully saturated rings. The number of carbonyl (C=O) groups excluding carboxylic acids is 2. The summed E-state index contributed by atoms with van der Waals surface area (Å²) in [6.07, 6.45) is 1.76. The van der Waals surface area contributed by atoms with E-state index in [1.165, 1.54) is 12.1 Å². The molecule has 2 atom stereocenters. The van der Waals surface area contributed by atoms with Crippen molar-refractivity contribution in [2.75, 3.05) is 32.8 Å². The van der Waals surface area contributed by atoms with Crippen LogP contribution in [0.25, 0.3) is 0 Å². The van der Waals surface area contributed by atoms with Gasteiger partial charge in [-0.3, -0.25) is 9.48 Å². The molecular weight excluding hydrogens is 535 g/mol. The minimum atomic E-state index is -4.43. The van der Waals surface area contributed by atoms with Crippen molar-refractivity contribution >= 4 is 11.9 Å². The maximum absolute atomic E-state index is 13.7. The number of benzene rings is 1. The third-order valence-corrected chi connectivity index (χ3v) is 8.61. The number of likely N-dealkylation sites (tertiary alicyclic amines) is 2. The highest BCUT2D eigenvalue weighted by Crippen LogP contribution is 2.44. The van der Waals surface area contributed by atoms with Gasteiger partial charge in [0.15, 0.2) is 0 Å². The molecule has 0 radical (unpaired) electrons. The van der Waals surface area contributed by atoms with E-state index in [2.05, 4.69) is 24.3 Å². The maximum Gasteiger partial charge on any atom is 0.416 e. The van der Waals surface area contributed by atoms with Crippen LogP contribution < -0.4 is 5.32 Å². The van der Waals surface area contributed by atoms with Gasteiger partial charge in [0.1, 0.15) is 0 Å². The second kappa shape index (κ2) is 12.0. The van der Waals surface area contributed by atoms with Gasteiger partial charge < -0.3 is 20.2 Å². The van der Waals surface area contributed by atoms with Crippen LogP contribution in [0.5, 0.6) is 0 Å². The molecule has 2 aromatic rings. The van der Waals surface area contributed by atoms with Crippen molar-refractivity contribution in [2.24, 2.45) is 5.92 Å². The molecule has 3 aliphatic rings. The molecule has 224 valence electrons. The van der Waals surface area contributed by atoms with Gasteiger partial charge in [-0.15, -0.1) is 0 Å². The van der Waals surface area contributed by atoms with Gasteiger partial charge in [-0.05, 0) is 56.1 Å². The van der Waals surface area contributed by atoms with Crippen LogP contribution in [-0.2, 0) is 6.18 Å². The molecule has 41 heavy (non-hydrogen) atoms. The summed E-state index contributed by atoms with van der Waals surface area (Å²) < 4.78 is 42.8. The largest absolute Gasteiger partial charge is 0.416 e. The zero-order valence-corrected chi connectivity index (χ0v) is 23.7. The van der Waals surface area contributed by atoms with E-state index in [4.69, 9.17) is 0 Å². The van der Waals surface area contributed by atoms with Crippen LogP contribution in [0.15, 0.2) is 30.5 Å². The number of amides is 3. The fourth-order valence-electron chi connectivity index (χ4n) is 6.40. The monoisotopic (exact) mass is 575 g/mol. The molecule has 5 rings (SSSR count). The summed E-state index contributed by atoms with van der Waals surface area (Å²) in [7, 11) is 0. The average molecular weight is 576 g/mol. The summed E-state index contributed by atoms with van der Waals surface area (Å²) in [5, 5.41) is 17.2. The fraction of sp³-hybridized carbons (Fsp3) is 0.633. The lowest BCUT2D eigenvalue weighted by Crippen LogP contribution is -2.49. The molecule has 2 saturated heterocycles. The van der Waals surface area contributed by atoms with Crippen LogP contribution in [0.2, 0.25) is 0 Å². The number of aromatic nitrogens is 2. The number of rotatable bonds is 8. The summed E-state index contributed by atoms with van der Waals surface area (Å²) in [5.74, 6) is 0.0844. The van der Waals surface area contributed by atoms with E-state index in [1.807, 2.05) is 4.68 Å². The topological polar surface area (TPSA) is 90.7 Å². The zero-order chi connectivity index (χ0) is 29.3. The number of piperidine rings is 1. The fourth-order valence-corrected chi connectivity index (χ4v) is 6.40. The number of aliphatic hydroxyl groups excluding tert-OH is 1. The summed E-state index contributed by atoms with van der Waals surface area (Å²) in [6, 6.07) is 5.28. The Kier molecular flexibility index (Phi) is 8.63. The number of halogens is 3.